The summed E-state index contributed by atoms with van der Waals surface area (Å²) < 4.78 is 7.09. The van der Waals surface area contributed by atoms with Crippen LogP contribution in [0.5, 0.6) is 5.75 Å². The van der Waals surface area contributed by atoms with Crippen molar-refractivity contribution in [2.75, 3.05) is 13.7 Å². The number of methoxy groups -OCH3 is 1. The molecule has 1 aromatic heterocycles. The Balaban J connectivity index is 1.52. The minimum absolute atomic E-state index is 0.0928. The molecule has 0 aliphatic carbocycles. The minimum atomic E-state index is -0.305. The molecule has 8 heteroatoms. The third-order valence-corrected chi connectivity index (χ3v) is 6.10. The van der Waals surface area contributed by atoms with Crippen molar-refractivity contribution in [3.8, 4) is 11.4 Å². The highest BCUT2D eigenvalue weighted by Crippen LogP contribution is 2.30. The third-order valence-electron chi connectivity index (χ3n) is 5.08. The summed E-state index contributed by atoms with van der Waals surface area (Å²) in [6, 6.07) is 14.1. The Kier molecular flexibility index (Phi) is 5.53. The van der Waals surface area contributed by atoms with Gasteiger partial charge in [-0.2, -0.15) is 4.68 Å². The Hall–Kier alpha value is -2.87. The van der Waals surface area contributed by atoms with Crippen LogP contribution in [-0.2, 0) is 17.8 Å². The van der Waals surface area contributed by atoms with E-state index in [9.17, 15) is 4.79 Å². The first-order valence-electron chi connectivity index (χ1n) is 9.52. The molecule has 0 saturated carbocycles. The van der Waals surface area contributed by atoms with Crippen LogP contribution in [0, 0.1) is 6.92 Å². The molecule has 0 radical (unpaired) electrons. The van der Waals surface area contributed by atoms with Gasteiger partial charge in [0.2, 0.25) is 11.1 Å². The second kappa shape index (κ2) is 8.24. The minimum Gasteiger partial charge on any atom is -0.494 e. The van der Waals surface area contributed by atoms with Gasteiger partial charge in [-0.15, -0.1) is 5.10 Å². The fourth-order valence-electron chi connectivity index (χ4n) is 3.52. The number of nitrogens with zero attached hydrogens (tertiary/aromatic N) is 5. The lowest BCUT2D eigenvalue weighted by molar-refractivity contribution is -0.131. The van der Waals surface area contributed by atoms with Crippen LogP contribution >= 0.6 is 11.8 Å². The molecule has 0 bridgehead atoms. The monoisotopic (exact) mass is 409 g/mol. The van der Waals surface area contributed by atoms with E-state index in [4.69, 9.17) is 4.74 Å². The molecule has 7 nitrogen and oxygen atoms in total. The largest absolute Gasteiger partial charge is 0.494 e. The number of amides is 1. The van der Waals surface area contributed by atoms with E-state index < -0.39 is 0 Å². The van der Waals surface area contributed by atoms with Crippen molar-refractivity contribution in [3.63, 3.8) is 0 Å². The van der Waals surface area contributed by atoms with E-state index in [0.717, 1.165) is 24.2 Å². The van der Waals surface area contributed by atoms with Gasteiger partial charge < -0.3 is 9.64 Å². The molecule has 3 aromatic rings. The highest BCUT2D eigenvalue weighted by Gasteiger charge is 2.27. The zero-order chi connectivity index (χ0) is 20.4. The van der Waals surface area contributed by atoms with Crippen molar-refractivity contribution in [2.24, 2.45) is 0 Å². The van der Waals surface area contributed by atoms with E-state index in [2.05, 4.69) is 27.7 Å². The molecular formula is C21H23N5O2S. The topological polar surface area (TPSA) is 73.1 Å². The molecule has 2 aromatic carbocycles. The first-order valence-corrected chi connectivity index (χ1v) is 10.4. The molecule has 1 atom stereocenters. The zero-order valence-electron chi connectivity index (χ0n) is 16.7. The summed E-state index contributed by atoms with van der Waals surface area (Å²) in [6.07, 6.45) is 0.886. The van der Waals surface area contributed by atoms with Crippen molar-refractivity contribution in [3.05, 3.63) is 59.2 Å². The molecule has 29 heavy (non-hydrogen) atoms. The number of aryl methyl sites for hydroxylation is 1. The van der Waals surface area contributed by atoms with E-state index in [1.807, 2.05) is 49.1 Å². The maximum Gasteiger partial charge on any atom is 0.236 e. The summed E-state index contributed by atoms with van der Waals surface area (Å²) >= 11 is 1.36. The van der Waals surface area contributed by atoms with E-state index in [1.54, 1.807) is 11.8 Å². The molecule has 0 spiro atoms. The number of rotatable bonds is 5. The van der Waals surface area contributed by atoms with E-state index in [-0.39, 0.29) is 11.2 Å². The predicted molar refractivity (Wildman–Crippen MR) is 111 cm³/mol. The van der Waals surface area contributed by atoms with E-state index in [1.165, 1.54) is 22.9 Å². The van der Waals surface area contributed by atoms with Gasteiger partial charge in [-0.05, 0) is 59.5 Å². The van der Waals surface area contributed by atoms with E-state index >= 15 is 0 Å². The quantitative estimate of drug-likeness (QED) is 0.603. The van der Waals surface area contributed by atoms with Gasteiger partial charge in [0.05, 0.1) is 12.4 Å². The first-order chi connectivity index (χ1) is 14.1. The van der Waals surface area contributed by atoms with Crippen molar-refractivity contribution in [1.82, 2.24) is 25.1 Å². The summed E-state index contributed by atoms with van der Waals surface area (Å²) in [5.41, 5.74) is 4.38. The lowest BCUT2D eigenvalue weighted by Crippen LogP contribution is -2.40. The second-order valence-electron chi connectivity index (χ2n) is 7.09. The van der Waals surface area contributed by atoms with Crippen molar-refractivity contribution in [1.29, 1.82) is 0 Å². The zero-order valence-corrected chi connectivity index (χ0v) is 17.5. The molecule has 0 saturated heterocycles. The summed E-state index contributed by atoms with van der Waals surface area (Å²) in [6.45, 7) is 5.29. The van der Waals surface area contributed by atoms with Gasteiger partial charge in [0.15, 0.2) is 0 Å². The Morgan fingerprint density at radius 1 is 1.21 bits per heavy atom. The Morgan fingerprint density at radius 2 is 2.00 bits per heavy atom. The van der Waals surface area contributed by atoms with Crippen LogP contribution in [0.15, 0.2) is 47.6 Å². The van der Waals surface area contributed by atoms with Crippen LogP contribution in [0.2, 0.25) is 0 Å². The fraction of sp³-hybridized carbons (Fsp3) is 0.333. The van der Waals surface area contributed by atoms with Crippen LogP contribution in [0.25, 0.3) is 5.69 Å². The highest BCUT2D eigenvalue weighted by molar-refractivity contribution is 8.00. The standard InChI is InChI=1S/C21H23N5O2S/c1-14-8-9-19(28-3)18(12-14)26-21(22-23-24-26)29-15(2)20(27)25-11-10-16-6-4-5-7-17(16)13-25/h4-9,12,15H,10-11,13H2,1-3H3/t15-/m0/s1. The smallest absolute Gasteiger partial charge is 0.236 e. The van der Waals surface area contributed by atoms with Gasteiger partial charge in [0.25, 0.3) is 0 Å². The number of aromatic nitrogens is 4. The number of hydrogen-bond donors (Lipinski definition) is 0. The van der Waals surface area contributed by atoms with E-state index in [0.29, 0.717) is 17.5 Å². The lowest BCUT2D eigenvalue weighted by atomic mass is 10.00. The fourth-order valence-corrected chi connectivity index (χ4v) is 4.40. The first kappa shape index (κ1) is 19.4. The number of thioether (sulfide) groups is 1. The summed E-state index contributed by atoms with van der Waals surface area (Å²) in [7, 11) is 1.62. The number of fused-ring (bicyclic) bond motifs is 1. The lowest BCUT2D eigenvalue weighted by Gasteiger charge is -2.30. The van der Waals surface area contributed by atoms with Crippen molar-refractivity contribution in [2.45, 2.75) is 37.2 Å². The van der Waals surface area contributed by atoms with Crippen LogP contribution in [0.4, 0.5) is 0 Å². The molecule has 4 rings (SSSR count). The summed E-state index contributed by atoms with van der Waals surface area (Å²) in [4.78, 5) is 15.0. The number of ether oxygens (including phenoxy) is 1. The molecular weight excluding hydrogens is 386 g/mol. The molecule has 0 fully saturated rings. The van der Waals surface area contributed by atoms with Crippen LogP contribution in [-0.4, -0.2) is 49.9 Å². The highest BCUT2D eigenvalue weighted by atomic mass is 32.2. The maximum absolute atomic E-state index is 13.1. The van der Waals surface area contributed by atoms with Crippen LogP contribution in [0.3, 0.4) is 0 Å². The number of hydrogen-bond acceptors (Lipinski definition) is 6. The average molecular weight is 410 g/mol. The molecule has 150 valence electrons. The average Bonchev–Trinajstić information content (AvgIpc) is 3.20. The van der Waals surface area contributed by atoms with Crippen LogP contribution in [0.1, 0.15) is 23.6 Å². The molecule has 1 amide bonds. The Morgan fingerprint density at radius 3 is 2.79 bits per heavy atom. The number of carbonyl (C=O) groups excluding carboxylic acids is 1. The van der Waals surface area contributed by atoms with Gasteiger partial charge in [-0.1, -0.05) is 42.1 Å². The Bertz CT molecular complexity index is 1040. The number of benzene rings is 2. The third kappa shape index (κ3) is 3.98. The van der Waals surface area contributed by atoms with Crippen LogP contribution < -0.4 is 4.74 Å². The normalized spacial score (nSPS) is 14.4. The van der Waals surface area contributed by atoms with Gasteiger partial charge in [-0.25, -0.2) is 0 Å². The molecule has 2 heterocycles. The molecule has 1 aliphatic heterocycles. The summed E-state index contributed by atoms with van der Waals surface area (Å²) in [5, 5.41) is 12.3. The van der Waals surface area contributed by atoms with Gasteiger partial charge in [0, 0.05) is 13.1 Å². The number of carbonyl (C=O) groups is 1. The molecule has 0 unspecified atom stereocenters. The van der Waals surface area contributed by atoms with Crippen molar-refractivity contribution >= 4 is 17.7 Å². The molecule has 0 N–H and O–H groups in total. The summed E-state index contributed by atoms with van der Waals surface area (Å²) in [5.74, 6) is 0.770. The second-order valence-corrected chi connectivity index (χ2v) is 8.40. The predicted octanol–water partition coefficient (Wildman–Crippen LogP) is 3.04. The van der Waals surface area contributed by atoms with Gasteiger partial charge >= 0.3 is 0 Å². The molecule has 1 aliphatic rings. The van der Waals surface area contributed by atoms with Gasteiger partial charge in [-0.3, -0.25) is 4.79 Å². The van der Waals surface area contributed by atoms with Gasteiger partial charge in [0.1, 0.15) is 11.4 Å². The Labute approximate surface area is 174 Å². The SMILES string of the molecule is COc1ccc(C)cc1-n1nnnc1S[C@@H](C)C(=O)N1CCc2ccccc2C1. The maximum atomic E-state index is 13.1. The number of tetrazole rings is 1. The van der Waals surface area contributed by atoms with Crippen molar-refractivity contribution < 1.29 is 9.53 Å².